The average molecular weight is 254 g/mol. The van der Waals surface area contributed by atoms with Crippen LogP contribution in [-0.4, -0.2) is 30.9 Å². The van der Waals surface area contributed by atoms with E-state index in [0.29, 0.717) is 19.3 Å². The van der Waals surface area contributed by atoms with Gasteiger partial charge >= 0.3 is 11.9 Å². The molecule has 1 fully saturated rings. The third-order valence-corrected chi connectivity index (χ3v) is 2.90. The molecule has 0 heterocycles. The lowest BCUT2D eigenvalue weighted by molar-refractivity contribution is -0.155. The number of esters is 2. The quantitative estimate of drug-likeness (QED) is 0.421. The van der Waals surface area contributed by atoms with Crippen molar-refractivity contribution in [3.05, 3.63) is 12.2 Å². The molecule has 5 heteroatoms. The Labute approximate surface area is 106 Å². The van der Waals surface area contributed by atoms with Crippen molar-refractivity contribution in [2.24, 2.45) is 5.41 Å². The van der Waals surface area contributed by atoms with Crippen molar-refractivity contribution in [1.29, 1.82) is 0 Å². The van der Waals surface area contributed by atoms with Crippen LogP contribution in [0.15, 0.2) is 12.2 Å². The number of Topliss-reactive ketones (excluding diaryl/α,β-unsaturated/α-hetero) is 1. The maximum absolute atomic E-state index is 11.9. The minimum absolute atomic E-state index is 0.193. The Morgan fingerprint density at radius 2 is 1.94 bits per heavy atom. The molecule has 18 heavy (non-hydrogen) atoms. The topological polar surface area (TPSA) is 69.7 Å². The summed E-state index contributed by atoms with van der Waals surface area (Å²) in [5.41, 5.74) is -1.29. The normalized spacial score (nSPS) is 23.3. The molecule has 0 aliphatic heterocycles. The van der Waals surface area contributed by atoms with Gasteiger partial charge in [0.05, 0.1) is 13.2 Å². The number of hydrogen-bond donors (Lipinski definition) is 0. The van der Waals surface area contributed by atoms with E-state index in [2.05, 4.69) is 0 Å². The second-order valence-corrected chi connectivity index (χ2v) is 4.05. The van der Waals surface area contributed by atoms with Crippen LogP contribution in [0.1, 0.15) is 33.1 Å². The van der Waals surface area contributed by atoms with Gasteiger partial charge in [-0.15, -0.1) is 0 Å². The van der Waals surface area contributed by atoms with Gasteiger partial charge in [0, 0.05) is 12.5 Å². The highest BCUT2D eigenvalue weighted by Crippen LogP contribution is 2.37. The maximum Gasteiger partial charge on any atom is 0.330 e. The van der Waals surface area contributed by atoms with Crippen molar-refractivity contribution in [3.8, 4) is 0 Å². The molecular formula is C13H18O5. The van der Waals surface area contributed by atoms with Crippen LogP contribution in [0.25, 0.3) is 0 Å². The fourth-order valence-electron chi connectivity index (χ4n) is 2.01. The molecule has 0 spiro atoms. The summed E-state index contributed by atoms with van der Waals surface area (Å²) in [6, 6.07) is 0. The predicted molar refractivity (Wildman–Crippen MR) is 63.7 cm³/mol. The van der Waals surface area contributed by atoms with Gasteiger partial charge in [-0.3, -0.25) is 9.59 Å². The van der Waals surface area contributed by atoms with Crippen LogP contribution < -0.4 is 0 Å². The lowest BCUT2D eigenvalue weighted by Gasteiger charge is -2.20. The molecule has 1 aliphatic rings. The third kappa shape index (κ3) is 2.97. The first-order valence-electron chi connectivity index (χ1n) is 6.13. The second-order valence-electron chi connectivity index (χ2n) is 4.05. The van der Waals surface area contributed by atoms with Crippen LogP contribution in [0.2, 0.25) is 0 Å². The molecule has 0 amide bonds. The summed E-state index contributed by atoms with van der Waals surface area (Å²) < 4.78 is 9.66. The number of ketones is 1. The highest BCUT2D eigenvalue weighted by Gasteiger charge is 2.47. The largest absolute Gasteiger partial charge is 0.465 e. The fraction of sp³-hybridized carbons (Fsp3) is 0.615. The summed E-state index contributed by atoms with van der Waals surface area (Å²) in [4.78, 5) is 35.0. The lowest BCUT2D eigenvalue weighted by atomic mass is 9.85. The van der Waals surface area contributed by atoms with Crippen LogP contribution in [0.4, 0.5) is 0 Å². The predicted octanol–water partition coefficient (Wildman–Crippen LogP) is 1.41. The second kappa shape index (κ2) is 6.33. The standard InChI is InChI=1S/C13H18O5/c1-3-17-11(15)7-9-13(12(16)18-4-2)8-5-6-10(13)14/h7,9H,3-6,8H2,1-2H3/b9-7+. The Balaban J connectivity index is 2.89. The average Bonchev–Trinajstić information content (AvgIpc) is 2.70. The van der Waals surface area contributed by atoms with E-state index in [0.717, 1.165) is 6.08 Å². The zero-order valence-corrected chi connectivity index (χ0v) is 10.7. The highest BCUT2D eigenvalue weighted by molar-refractivity contribution is 6.08. The number of ether oxygens (including phenoxy) is 2. The first kappa shape index (κ1) is 14.4. The van der Waals surface area contributed by atoms with E-state index in [1.165, 1.54) is 6.08 Å². The van der Waals surface area contributed by atoms with Gasteiger partial charge in [-0.2, -0.15) is 0 Å². The Morgan fingerprint density at radius 1 is 1.28 bits per heavy atom. The Hall–Kier alpha value is -1.65. The maximum atomic E-state index is 11.9. The minimum atomic E-state index is -1.29. The Morgan fingerprint density at radius 3 is 2.44 bits per heavy atom. The van der Waals surface area contributed by atoms with E-state index in [9.17, 15) is 14.4 Å². The summed E-state index contributed by atoms with van der Waals surface area (Å²) in [7, 11) is 0. The van der Waals surface area contributed by atoms with Gasteiger partial charge in [-0.1, -0.05) is 6.08 Å². The summed E-state index contributed by atoms with van der Waals surface area (Å²) in [6.07, 6.45) is 3.83. The van der Waals surface area contributed by atoms with Crippen molar-refractivity contribution in [2.45, 2.75) is 33.1 Å². The van der Waals surface area contributed by atoms with Gasteiger partial charge in [-0.05, 0) is 26.7 Å². The molecule has 0 N–H and O–H groups in total. The smallest absolute Gasteiger partial charge is 0.330 e. The van der Waals surface area contributed by atoms with Crippen LogP contribution in [0.5, 0.6) is 0 Å². The number of rotatable bonds is 5. The van der Waals surface area contributed by atoms with Gasteiger partial charge in [0.15, 0.2) is 5.78 Å². The first-order chi connectivity index (χ1) is 8.56. The molecule has 1 aliphatic carbocycles. The first-order valence-corrected chi connectivity index (χ1v) is 6.13. The third-order valence-electron chi connectivity index (χ3n) is 2.90. The molecule has 1 atom stereocenters. The monoisotopic (exact) mass is 254 g/mol. The van der Waals surface area contributed by atoms with E-state index in [-0.39, 0.29) is 19.0 Å². The van der Waals surface area contributed by atoms with E-state index in [1.54, 1.807) is 13.8 Å². The van der Waals surface area contributed by atoms with Crippen LogP contribution in [0, 0.1) is 5.41 Å². The van der Waals surface area contributed by atoms with Gasteiger partial charge in [0.1, 0.15) is 5.41 Å². The molecule has 1 unspecified atom stereocenters. The molecule has 0 radical (unpaired) electrons. The summed E-state index contributed by atoms with van der Waals surface area (Å²) in [6.45, 7) is 3.83. The van der Waals surface area contributed by atoms with Gasteiger partial charge < -0.3 is 9.47 Å². The van der Waals surface area contributed by atoms with Crippen molar-refractivity contribution >= 4 is 17.7 Å². The minimum Gasteiger partial charge on any atom is -0.465 e. The van der Waals surface area contributed by atoms with E-state index < -0.39 is 17.4 Å². The summed E-state index contributed by atoms with van der Waals surface area (Å²) >= 11 is 0. The van der Waals surface area contributed by atoms with Gasteiger partial charge in [0.25, 0.3) is 0 Å². The lowest BCUT2D eigenvalue weighted by Crippen LogP contribution is -2.35. The SMILES string of the molecule is CCOC(=O)/C=C/C1(C(=O)OCC)CCCC1=O. The Kier molecular flexibility index (Phi) is 5.07. The highest BCUT2D eigenvalue weighted by atomic mass is 16.5. The van der Waals surface area contributed by atoms with Crippen LogP contribution >= 0.6 is 0 Å². The van der Waals surface area contributed by atoms with Crippen molar-refractivity contribution in [2.75, 3.05) is 13.2 Å². The molecule has 1 rings (SSSR count). The van der Waals surface area contributed by atoms with Gasteiger partial charge in [-0.25, -0.2) is 4.79 Å². The molecule has 0 saturated heterocycles. The van der Waals surface area contributed by atoms with Crippen molar-refractivity contribution in [1.82, 2.24) is 0 Å². The Bertz CT molecular complexity index is 372. The van der Waals surface area contributed by atoms with Crippen LogP contribution in [0.3, 0.4) is 0 Å². The van der Waals surface area contributed by atoms with Crippen LogP contribution in [-0.2, 0) is 23.9 Å². The molecule has 1 saturated carbocycles. The zero-order chi connectivity index (χ0) is 13.6. The number of carbonyl (C=O) groups is 3. The van der Waals surface area contributed by atoms with E-state index in [1.807, 2.05) is 0 Å². The van der Waals surface area contributed by atoms with Gasteiger partial charge in [0.2, 0.25) is 0 Å². The molecule has 0 bridgehead atoms. The number of hydrogen-bond acceptors (Lipinski definition) is 5. The molecule has 5 nitrogen and oxygen atoms in total. The fourth-order valence-corrected chi connectivity index (χ4v) is 2.01. The summed E-state index contributed by atoms with van der Waals surface area (Å²) in [5.74, 6) is -1.32. The number of carbonyl (C=O) groups excluding carboxylic acids is 3. The molecule has 0 aromatic heterocycles. The van der Waals surface area contributed by atoms with Crippen molar-refractivity contribution < 1.29 is 23.9 Å². The molecule has 100 valence electrons. The van der Waals surface area contributed by atoms with E-state index >= 15 is 0 Å². The zero-order valence-electron chi connectivity index (χ0n) is 10.7. The van der Waals surface area contributed by atoms with Crippen molar-refractivity contribution in [3.63, 3.8) is 0 Å². The molecular weight excluding hydrogens is 236 g/mol. The molecule has 0 aromatic rings. The molecule has 0 aromatic carbocycles. The summed E-state index contributed by atoms with van der Waals surface area (Å²) in [5, 5.41) is 0. The van der Waals surface area contributed by atoms with E-state index in [4.69, 9.17) is 9.47 Å².